The number of nitrogens with zero attached hydrogens (tertiary/aromatic N) is 2. The van der Waals surface area contributed by atoms with Crippen LogP contribution in [0, 0.1) is 0 Å². The minimum atomic E-state index is -0.466. The predicted octanol–water partition coefficient (Wildman–Crippen LogP) is 3.31. The number of fused-ring (bicyclic) bond motifs is 1. The van der Waals surface area contributed by atoms with E-state index in [-0.39, 0.29) is 23.4 Å². The molecule has 4 rings (SSSR count). The molecular formula is C18H18N2O3S2. The zero-order valence-corrected chi connectivity index (χ0v) is 15.4. The van der Waals surface area contributed by atoms with Crippen LogP contribution < -0.4 is 0 Å². The van der Waals surface area contributed by atoms with E-state index in [2.05, 4.69) is 4.98 Å². The summed E-state index contributed by atoms with van der Waals surface area (Å²) in [6.45, 7) is 2.23. The predicted molar refractivity (Wildman–Crippen MR) is 98.1 cm³/mol. The highest BCUT2D eigenvalue weighted by atomic mass is 32.2. The van der Waals surface area contributed by atoms with E-state index in [0.717, 1.165) is 21.9 Å². The highest BCUT2D eigenvalue weighted by molar-refractivity contribution is 8.01. The molecule has 130 valence electrons. The van der Waals surface area contributed by atoms with Crippen molar-refractivity contribution in [1.82, 2.24) is 9.88 Å². The van der Waals surface area contributed by atoms with Gasteiger partial charge in [-0.05, 0) is 13.3 Å². The van der Waals surface area contributed by atoms with Gasteiger partial charge >= 0.3 is 5.97 Å². The second-order valence-corrected chi connectivity index (χ2v) is 8.99. The van der Waals surface area contributed by atoms with Crippen LogP contribution in [0.2, 0.25) is 0 Å². The lowest BCUT2D eigenvalue weighted by Crippen LogP contribution is -2.46. The molecule has 2 aliphatic heterocycles. The van der Waals surface area contributed by atoms with Gasteiger partial charge in [-0.3, -0.25) is 4.79 Å². The topological polar surface area (TPSA) is 59.5 Å². The molecule has 2 fully saturated rings. The minimum Gasteiger partial charge on any atom is -0.458 e. The standard InChI is InChI=1S/C18H18N2O3S2/c1-18-8-7-15(21)20(18)14(11-24-18)17(22)23-10-13-9-19-16(25-13)12-5-3-2-4-6-12/h2-6,9,14H,7-8,10-11H2,1H3. The average molecular weight is 374 g/mol. The SMILES string of the molecule is CC12CCC(=O)N1C(C(=O)OCc1cnc(-c3ccccc3)s1)CS2. The van der Waals surface area contributed by atoms with Crippen LogP contribution in [-0.2, 0) is 20.9 Å². The molecular weight excluding hydrogens is 356 g/mol. The van der Waals surface area contributed by atoms with E-state index < -0.39 is 6.04 Å². The zero-order valence-electron chi connectivity index (χ0n) is 13.8. The quantitative estimate of drug-likeness (QED) is 0.769. The summed E-state index contributed by atoms with van der Waals surface area (Å²) in [5.74, 6) is 0.346. The Balaban J connectivity index is 1.40. The Kier molecular flexibility index (Phi) is 4.29. The molecule has 3 heterocycles. The largest absolute Gasteiger partial charge is 0.458 e. The Labute approximate surface area is 154 Å². The highest BCUT2D eigenvalue weighted by Crippen LogP contribution is 2.47. The zero-order chi connectivity index (χ0) is 17.4. The van der Waals surface area contributed by atoms with Crippen LogP contribution in [0.4, 0.5) is 0 Å². The Morgan fingerprint density at radius 3 is 3.00 bits per heavy atom. The number of benzene rings is 1. The normalized spacial score (nSPS) is 25.2. The van der Waals surface area contributed by atoms with Gasteiger partial charge in [0.05, 0.1) is 9.75 Å². The van der Waals surface area contributed by atoms with Crippen molar-refractivity contribution in [3.63, 3.8) is 0 Å². The van der Waals surface area contributed by atoms with Crippen LogP contribution in [-0.4, -0.2) is 38.4 Å². The molecule has 2 saturated heterocycles. The lowest BCUT2D eigenvalue weighted by atomic mass is 10.2. The Hall–Kier alpha value is -1.86. The van der Waals surface area contributed by atoms with Gasteiger partial charge in [-0.1, -0.05) is 30.3 Å². The summed E-state index contributed by atoms with van der Waals surface area (Å²) < 4.78 is 5.49. The van der Waals surface area contributed by atoms with Crippen molar-refractivity contribution < 1.29 is 14.3 Å². The van der Waals surface area contributed by atoms with E-state index >= 15 is 0 Å². The molecule has 7 heteroatoms. The van der Waals surface area contributed by atoms with Crippen LogP contribution in [0.15, 0.2) is 36.5 Å². The van der Waals surface area contributed by atoms with Gasteiger partial charge in [-0.15, -0.1) is 23.1 Å². The molecule has 5 nitrogen and oxygen atoms in total. The van der Waals surface area contributed by atoms with Crippen LogP contribution in [0.5, 0.6) is 0 Å². The molecule has 0 spiro atoms. The number of rotatable bonds is 4. The fraction of sp³-hybridized carbons (Fsp3) is 0.389. The first-order chi connectivity index (χ1) is 12.1. The molecule has 25 heavy (non-hydrogen) atoms. The van der Waals surface area contributed by atoms with E-state index in [0.29, 0.717) is 12.2 Å². The molecule has 2 unspecified atom stereocenters. The first-order valence-electron chi connectivity index (χ1n) is 8.20. The smallest absolute Gasteiger partial charge is 0.330 e. The number of aromatic nitrogens is 1. The Morgan fingerprint density at radius 1 is 1.40 bits per heavy atom. The molecule has 0 bridgehead atoms. The summed E-state index contributed by atoms with van der Waals surface area (Å²) in [4.78, 5) is 31.4. The van der Waals surface area contributed by atoms with Gasteiger partial charge < -0.3 is 9.64 Å². The Bertz CT molecular complexity index is 808. The van der Waals surface area contributed by atoms with Gasteiger partial charge in [-0.25, -0.2) is 9.78 Å². The van der Waals surface area contributed by atoms with Crippen molar-refractivity contribution >= 4 is 35.0 Å². The number of esters is 1. The monoisotopic (exact) mass is 374 g/mol. The van der Waals surface area contributed by atoms with Crippen molar-refractivity contribution in [2.75, 3.05) is 5.75 Å². The number of carbonyl (C=O) groups excluding carboxylic acids is 2. The lowest BCUT2D eigenvalue weighted by molar-refractivity contribution is -0.154. The maximum atomic E-state index is 12.5. The second kappa shape index (κ2) is 6.46. The third-order valence-corrected chi connectivity index (χ3v) is 7.17. The van der Waals surface area contributed by atoms with E-state index in [1.54, 1.807) is 22.9 Å². The van der Waals surface area contributed by atoms with Crippen molar-refractivity contribution in [3.05, 3.63) is 41.4 Å². The molecule has 2 aromatic rings. The fourth-order valence-corrected chi connectivity index (χ4v) is 5.57. The van der Waals surface area contributed by atoms with Crippen LogP contribution in [0.3, 0.4) is 0 Å². The molecule has 2 atom stereocenters. The van der Waals surface area contributed by atoms with Gasteiger partial charge in [0.1, 0.15) is 17.7 Å². The van der Waals surface area contributed by atoms with E-state index in [9.17, 15) is 9.59 Å². The minimum absolute atomic E-state index is 0.0543. The second-order valence-electron chi connectivity index (χ2n) is 6.37. The van der Waals surface area contributed by atoms with Gasteiger partial charge in [0.2, 0.25) is 5.91 Å². The summed E-state index contributed by atoms with van der Waals surface area (Å²) in [6.07, 6.45) is 3.06. The van der Waals surface area contributed by atoms with Crippen molar-refractivity contribution in [1.29, 1.82) is 0 Å². The van der Waals surface area contributed by atoms with E-state index in [1.165, 1.54) is 11.3 Å². The first-order valence-corrected chi connectivity index (χ1v) is 10.00. The third-order valence-electron chi connectivity index (χ3n) is 4.65. The summed E-state index contributed by atoms with van der Waals surface area (Å²) in [5.41, 5.74) is 1.05. The highest BCUT2D eigenvalue weighted by Gasteiger charge is 2.53. The molecule has 0 N–H and O–H groups in total. The molecule has 0 radical (unpaired) electrons. The number of carbonyl (C=O) groups is 2. The van der Waals surface area contributed by atoms with Crippen molar-refractivity contribution in [2.45, 2.75) is 37.3 Å². The van der Waals surface area contributed by atoms with Gasteiger partial charge in [0, 0.05) is 23.9 Å². The average Bonchev–Trinajstić information content (AvgIpc) is 3.30. The molecule has 0 aliphatic carbocycles. The first kappa shape index (κ1) is 16.6. The molecule has 1 aromatic heterocycles. The van der Waals surface area contributed by atoms with Crippen molar-refractivity contribution in [2.24, 2.45) is 0 Å². The summed E-state index contributed by atoms with van der Waals surface area (Å²) in [7, 11) is 0. The van der Waals surface area contributed by atoms with Crippen molar-refractivity contribution in [3.8, 4) is 10.6 Å². The Morgan fingerprint density at radius 2 is 2.20 bits per heavy atom. The third kappa shape index (κ3) is 3.06. The number of thiazole rings is 1. The number of ether oxygens (including phenoxy) is 1. The number of hydrogen-bond acceptors (Lipinski definition) is 6. The maximum Gasteiger partial charge on any atom is 0.330 e. The molecule has 1 aromatic carbocycles. The molecule has 2 aliphatic rings. The van der Waals surface area contributed by atoms with Gasteiger partial charge in [0.15, 0.2) is 0 Å². The molecule has 1 amide bonds. The fourth-order valence-electron chi connectivity index (χ4n) is 3.32. The number of hydrogen-bond donors (Lipinski definition) is 0. The van der Waals surface area contributed by atoms with Crippen LogP contribution in [0.1, 0.15) is 24.6 Å². The summed E-state index contributed by atoms with van der Waals surface area (Å²) in [5, 5.41) is 0.908. The van der Waals surface area contributed by atoms with Crippen LogP contribution >= 0.6 is 23.1 Å². The molecule has 0 saturated carbocycles. The van der Waals surface area contributed by atoms with Gasteiger partial charge in [0.25, 0.3) is 0 Å². The van der Waals surface area contributed by atoms with Gasteiger partial charge in [-0.2, -0.15) is 0 Å². The number of thioether (sulfide) groups is 1. The lowest BCUT2D eigenvalue weighted by Gasteiger charge is -2.29. The van der Waals surface area contributed by atoms with Crippen LogP contribution in [0.25, 0.3) is 10.6 Å². The van der Waals surface area contributed by atoms with E-state index in [4.69, 9.17) is 4.74 Å². The van der Waals surface area contributed by atoms with E-state index in [1.807, 2.05) is 37.3 Å². The summed E-state index contributed by atoms with van der Waals surface area (Å²) in [6, 6.07) is 9.45. The maximum absolute atomic E-state index is 12.5. The summed E-state index contributed by atoms with van der Waals surface area (Å²) >= 11 is 3.19. The number of amides is 1.